The predicted octanol–water partition coefficient (Wildman–Crippen LogP) is 0.625. The first-order valence-electron chi connectivity index (χ1n) is 5.89. The molecule has 0 bridgehead atoms. The van der Waals surface area contributed by atoms with Crippen molar-refractivity contribution in [2.75, 3.05) is 39.4 Å². The fraction of sp³-hybridized carbons (Fsp3) is 0.909. The molecule has 1 fully saturated rings. The first kappa shape index (κ1) is 12.5. The van der Waals surface area contributed by atoms with Gasteiger partial charge in [0.25, 0.3) is 0 Å². The molecule has 0 spiro atoms. The van der Waals surface area contributed by atoms with Crippen molar-refractivity contribution in [2.24, 2.45) is 0 Å². The van der Waals surface area contributed by atoms with Crippen LogP contribution in [0.1, 0.15) is 26.2 Å². The Morgan fingerprint density at radius 1 is 1.33 bits per heavy atom. The molecule has 0 aromatic rings. The first-order valence-corrected chi connectivity index (χ1v) is 5.89. The number of carbonyl (C=O) groups excluding carboxylic acids is 1. The van der Waals surface area contributed by atoms with E-state index in [0.29, 0.717) is 6.42 Å². The van der Waals surface area contributed by atoms with Gasteiger partial charge in [0, 0.05) is 26.1 Å². The molecule has 0 aromatic heterocycles. The predicted molar refractivity (Wildman–Crippen MR) is 59.8 cm³/mol. The van der Waals surface area contributed by atoms with Crippen molar-refractivity contribution < 1.29 is 9.53 Å². The molecule has 0 aliphatic carbocycles. The van der Waals surface area contributed by atoms with Gasteiger partial charge in [-0.2, -0.15) is 0 Å². The first-order chi connectivity index (χ1) is 7.33. The smallest absolute Gasteiger partial charge is 0.219 e. The Labute approximate surface area is 92.0 Å². The number of morpholine rings is 1. The van der Waals surface area contributed by atoms with Crippen molar-refractivity contribution in [3.8, 4) is 0 Å². The maximum atomic E-state index is 10.9. The third kappa shape index (κ3) is 5.74. The highest BCUT2D eigenvalue weighted by Crippen LogP contribution is 1.99. The number of ether oxygens (including phenoxy) is 1. The number of rotatable bonds is 6. The third-order valence-corrected chi connectivity index (χ3v) is 2.65. The van der Waals surface area contributed by atoms with Crippen molar-refractivity contribution in [1.29, 1.82) is 0 Å². The minimum absolute atomic E-state index is 0.154. The summed E-state index contributed by atoms with van der Waals surface area (Å²) in [5, 5.41) is 2.89. The van der Waals surface area contributed by atoms with Gasteiger partial charge in [-0.15, -0.1) is 0 Å². The van der Waals surface area contributed by atoms with Crippen LogP contribution < -0.4 is 5.32 Å². The summed E-state index contributed by atoms with van der Waals surface area (Å²) in [5.74, 6) is 0.154. The van der Waals surface area contributed by atoms with Crippen molar-refractivity contribution in [3.63, 3.8) is 0 Å². The van der Waals surface area contributed by atoms with E-state index in [1.54, 1.807) is 0 Å². The average Bonchev–Trinajstić information content (AvgIpc) is 2.29. The molecular formula is C11H22N2O2. The molecule has 1 rings (SSSR count). The van der Waals surface area contributed by atoms with Crippen LogP contribution in [-0.2, 0) is 9.53 Å². The minimum atomic E-state index is 0.154. The fourth-order valence-electron chi connectivity index (χ4n) is 1.64. The maximum Gasteiger partial charge on any atom is 0.219 e. The van der Waals surface area contributed by atoms with Crippen LogP contribution in [0.2, 0.25) is 0 Å². The molecule has 1 aliphatic rings. The van der Waals surface area contributed by atoms with Crippen molar-refractivity contribution in [3.05, 3.63) is 0 Å². The molecule has 4 nitrogen and oxygen atoms in total. The van der Waals surface area contributed by atoms with Gasteiger partial charge in [-0.1, -0.05) is 6.92 Å². The van der Waals surface area contributed by atoms with E-state index in [-0.39, 0.29) is 5.91 Å². The number of carbonyl (C=O) groups is 1. The van der Waals surface area contributed by atoms with E-state index in [1.807, 2.05) is 6.92 Å². The van der Waals surface area contributed by atoms with Crippen LogP contribution in [-0.4, -0.2) is 50.2 Å². The monoisotopic (exact) mass is 214 g/mol. The number of nitrogens with one attached hydrogen (secondary N) is 1. The molecule has 1 amide bonds. The van der Waals surface area contributed by atoms with Gasteiger partial charge in [0.2, 0.25) is 5.91 Å². The second-order valence-electron chi connectivity index (χ2n) is 3.86. The molecule has 1 heterocycles. The van der Waals surface area contributed by atoms with E-state index in [4.69, 9.17) is 4.74 Å². The Kier molecular flexibility index (Phi) is 6.36. The Morgan fingerprint density at radius 2 is 2.07 bits per heavy atom. The van der Waals surface area contributed by atoms with E-state index in [1.165, 1.54) is 0 Å². The van der Waals surface area contributed by atoms with Gasteiger partial charge in [0.15, 0.2) is 0 Å². The lowest BCUT2D eigenvalue weighted by molar-refractivity contribution is -0.120. The molecule has 1 aliphatic heterocycles. The van der Waals surface area contributed by atoms with Crippen molar-refractivity contribution in [2.45, 2.75) is 26.2 Å². The second kappa shape index (κ2) is 7.65. The van der Waals surface area contributed by atoms with Gasteiger partial charge in [-0.3, -0.25) is 9.69 Å². The third-order valence-electron chi connectivity index (χ3n) is 2.65. The van der Waals surface area contributed by atoms with E-state index in [9.17, 15) is 4.79 Å². The Morgan fingerprint density at radius 3 is 2.73 bits per heavy atom. The van der Waals surface area contributed by atoms with Crippen LogP contribution in [0.25, 0.3) is 0 Å². The summed E-state index contributed by atoms with van der Waals surface area (Å²) in [4.78, 5) is 13.4. The molecule has 88 valence electrons. The van der Waals surface area contributed by atoms with Crippen LogP contribution >= 0.6 is 0 Å². The van der Waals surface area contributed by atoms with Crippen molar-refractivity contribution in [1.82, 2.24) is 10.2 Å². The normalized spacial score (nSPS) is 17.7. The molecule has 0 saturated carbocycles. The zero-order valence-corrected chi connectivity index (χ0v) is 9.63. The molecular weight excluding hydrogens is 192 g/mol. The Bertz CT molecular complexity index is 179. The molecule has 15 heavy (non-hydrogen) atoms. The van der Waals surface area contributed by atoms with Crippen LogP contribution in [0, 0.1) is 0 Å². The summed E-state index contributed by atoms with van der Waals surface area (Å²) in [7, 11) is 0. The summed E-state index contributed by atoms with van der Waals surface area (Å²) >= 11 is 0. The van der Waals surface area contributed by atoms with Crippen LogP contribution in [0.5, 0.6) is 0 Å². The second-order valence-corrected chi connectivity index (χ2v) is 3.86. The summed E-state index contributed by atoms with van der Waals surface area (Å²) in [6, 6.07) is 0. The van der Waals surface area contributed by atoms with Gasteiger partial charge >= 0.3 is 0 Å². The van der Waals surface area contributed by atoms with E-state index in [2.05, 4.69) is 10.2 Å². The highest BCUT2D eigenvalue weighted by atomic mass is 16.5. The van der Waals surface area contributed by atoms with Gasteiger partial charge in [-0.25, -0.2) is 0 Å². The highest BCUT2D eigenvalue weighted by molar-refractivity contribution is 5.75. The number of nitrogens with zero attached hydrogens (tertiary/aromatic N) is 1. The zero-order valence-electron chi connectivity index (χ0n) is 9.63. The molecule has 0 radical (unpaired) electrons. The number of unbranched alkanes of at least 4 members (excludes halogenated alkanes) is 1. The lowest BCUT2D eigenvalue weighted by Crippen LogP contribution is -2.37. The Balaban J connectivity index is 1.89. The van der Waals surface area contributed by atoms with Crippen LogP contribution in [0.4, 0.5) is 0 Å². The van der Waals surface area contributed by atoms with Gasteiger partial charge in [-0.05, 0) is 19.4 Å². The van der Waals surface area contributed by atoms with Gasteiger partial charge in [0.1, 0.15) is 0 Å². The molecule has 0 aromatic carbocycles. The molecule has 0 unspecified atom stereocenters. The Hall–Kier alpha value is -0.610. The van der Waals surface area contributed by atoms with E-state index >= 15 is 0 Å². The standard InChI is InChI=1S/C11H22N2O2/c1-2-11(14)12-5-3-4-6-13-7-9-15-10-8-13/h2-10H2,1H3,(H,12,14). The zero-order chi connectivity index (χ0) is 10.9. The summed E-state index contributed by atoms with van der Waals surface area (Å²) in [6.07, 6.45) is 2.82. The molecule has 1 N–H and O–H groups in total. The average molecular weight is 214 g/mol. The van der Waals surface area contributed by atoms with E-state index in [0.717, 1.165) is 52.2 Å². The lowest BCUT2D eigenvalue weighted by atomic mass is 10.2. The molecule has 0 atom stereocenters. The van der Waals surface area contributed by atoms with E-state index < -0.39 is 0 Å². The van der Waals surface area contributed by atoms with Gasteiger partial charge in [0.05, 0.1) is 13.2 Å². The van der Waals surface area contributed by atoms with Crippen LogP contribution in [0.3, 0.4) is 0 Å². The largest absolute Gasteiger partial charge is 0.379 e. The fourth-order valence-corrected chi connectivity index (χ4v) is 1.64. The highest BCUT2D eigenvalue weighted by Gasteiger charge is 2.08. The quantitative estimate of drug-likeness (QED) is 0.659. The SMILES string of the molecule is CCC(=O)NCCCCN1CCOCC1. The van der Waals surface area contributed by atoms with Crippen molar-refractivity contribution >= 4 is 5.91 Å². The number of amides is 1. The topological polar surface area (TPSA) is 41.6 Å². The number of hydrogen-bond acceptors (Lipinski definition) is 3. The van der Waals surface area contributed by atoms with Gasteiger partial charge < -0.3 is 10.1 Å². The summed E-state index contributed by atoms with van der Waals surface area (Å²) in [6.45, 7) is 7.67. The minimum Gasteiger partial charge on any atom is -0.379 e. The van der Waals surface area contributed by atoms with Crippen LogP contribution in [0.15, 0.2) is 0 Å². The summed E-state index contributed by atoms with van der Waals surface area (Å²) < 4.78 is 5.27. The lowest BCUT2D eigenvalue weighted by Gasteiger charge is -2.26. The summed E-state index contributed by atoms with van der Waals surface area (Å²) in [5.41, 5.74) is 0. The molecule has 4 heteroatoms. The molecule has 1 saturated heterocycles. The number of hydrogen-bond donors (Lipinski definition) is 1. The maximum absolute atomic E-state index is 10.9.